The number of hydrogen-bond donors (Lipinski definition) is 2. The molecule has 5 nitrogen and oxygen atoms in total. The monoisotopic (exact) mass is 223 g/mol. The van der Waals surface area contributed by atoms with E-state index in [0.717, 1.165) is 22.5 Å². The fraction of sp³-hybridized carbons (Fsp3) is 0.364. The van der Waals surface area contributed by atoms with Gasteiger partial charge < -0.3 is 4.90 Å². The lowest BCUT2D eigenvalue weighted by Crippen LogP contribution is -2.07. The van der Waals surface area contributed by atoms with E-state index >= 15 is 0 Å². The van der Waals surface area contributed by atoms with Crippen LogP contribution in [0.4, 0.5) is 11.4 Å². The Kier molecular flexibility index (Phi) is 4.28. The number of benzene rings is 1. The van der Waals surface area contributed by atoms with Crippen molar-refractivity contribution in [3.8, 4) is 0 Å². The molecule has 0 bridgehead atoms. The molecule has 5 heteroatoms. The molecule has 0 atom stereocenters. The van der Waals surface area contributed by atoms with Gasteiger partial charge in [0.2, 0.25) is 0 Å². The van der Waals surface area contributed by atoms with Gasteiger partial charge >= 0.3 is 0 Å². The van der Waals surface area contributed by atoms with Crippen molar-refractivity contribution in [1.29, 1.82) is 0 Å². The summed E-state index contributed by atoms with van der Waals surface area (Å²) in [6.07, 6.45) is 1.75. The first-order chi connectivity index (χ1) is 7.54. The third kappa shape index (κ3) is 3.22. The SMILES string of the molecule is Cc1cc(NOO)c(C)cc1N=CN(C)C. The summed E-state index contributed by atoms with van der Waals surface area (Å²) in [4.78, 5) is 10.1. The van der Waals surface area contributed by atoms with E-state index in [1.54, 1.807) is 6.34 Å². The molecule has 1 aromatic rings. The molecule has 0 spiro atoms. The van der Waals surface area contributed by atoms with Crippen molar-refractivity contribution in [1.82, 2.24) is 4.90 Å². The second-order valence-electron chi connectivity index (χ2n) is 3.86. The number of nitrogens with zero attached hydrogens (tertiary/aromatic N) is 2. The highest BCUT2D eigenvalue weighted by atomic mass is 17.2. The zero-order valence-electron chi connectivity index (χ0n) is 9.98. The predicted molar refractivity (Wildman–Crippen MR) is 65.1 cm³/mol. The van der Waals surface area contributed by atoms with Crippen LogP contribution in [0.3, 0.4) is 0 Å². The highest BCUT2D eigenvalue weighted by Gasteiger charge is 2.03. The van der Waals surface area contributed by atoms with Crippen LogP contribution in [0.5, 0.6) is 0 Å². The number of anilines is 1. The summed E-state index contributed by atoms with van der Waals surface area (Å²) in [7, 11) is 3.84. The van der Waals surface area contributed by atoms with Crippen LogP contribution in [-0.4, -0.2) is 30.6 Å². The Morgan fingerprint density at radius 3 is 2.56 bits per heavy atom. The van der Waals surface area contributed by atoms with Crippen LogP contribution in [0.2, 0.25) is 0 Å². The number of hydrogen-bond acceptors (Lipinski definition) is 4. The van der Waals surface area contributed by atoms with Gasteiger partial charge in [0.05, 0.1) is 17.7 Å². The quantitative estimate of drug-likeness (QED) is 0.356. The predicted octanol–water partition coefficient (Wildman–Crippen LogP) is 2.34. The fourth-order valence-electron chi connectivity index (χ4n) is 1.28. The van der Waals surface area contributed by atoms with Crippen LogP contribution in [0.1, 0.15) is 11.1 Å². The lowest BCUT2D eigenvalue weighted by atomic mass is 10.1. The first-order valence-electron chi connectivity index (χ1n) is 4.93. The molecular formula is C11H17N3O2. The first-order valence-corrected chi connectivity index (χ1v) is 4.93. The average Bonchev–Trinajstić information content (AvgIpc) is 2.21. The van der Waals surface area contributed by atoms with Crippen LogP contribution >= 0.6 is 0 Å². The van der Waals surface area contributed by atoms with E-state index in [4.69, 9.17) is 5.26 Å². The van der Waals surface area contributed by atoms with Crippen molar-refractivity contribution >= 4 is 17.7 Å². The molecule has 1 aromatic carbocycles. The van der Waals surface area contributed by atoms with E-state index in [1.807, 2.05) is 45.0 Å². The van der Waals surface area contributed by atoms with Crippen LogP contribution in [-0.2, 0) is 4.99 Å². The molecule has 0 fully saturated rings. The summed E-state index contributed by atoms with van der Waals surface area (Å²) in [5.41, 5.74) is 5.98. The molecule has 2 N–H and O–H groups in total. The van der Waals surface area contributed by atoms with Gasteiger partial charge in [0.25, 0.3) is 0 Å². The van der Waals surface area contributed by atoms with Crippen molar-refractivity contribution in [3.05, 3.63) is 23.3 Å². The standard InChI is InChI=1S/C11H17N3O2/c1-8-6-11(13-16-15)9(2)5-10(8)12-7-14(3)4/h5-7,13,15H,1-4H3. The molecule has 0 aliphatic carbocycles. The van der Waals surface area contributed by atoms with E-state index in [1.165, 1.54) is 0 Å². The van der Waals surface area contributed by atoms with Gasteiger partial charge in [-0.05, 0) is 37.1 Å². The lowest BCUT2D eigenvalue weighted by Gasteiger charge is -2.10. The molecule has 0 saturated carbocycles. The maximum atomic E-state index is 8.33. The molecule has 0 aliphatic heterocycles. The van der Waals surface area contributed by atoms with Gasteiger partial charge in [-0.1, -0.05) is 0 Å². The maximum absolute atomic E-state index is 8.33. The number of rotatable bonds is 4. The Morgan fingerprint density at radius 1 is 1.31 bits per heavy atom. The summed E-state index contributed by atoms with van der Waals surface area (Å²) < 4.78 is 0. The molecule has 0 unspecified atom stereocenters. The highest BCUT2D eigenvalue weighted by molar-refractivity contribution is 5.66. The van der Waals surface area contributed by atoms with Gasteiger partial charge in [0.1, 0.15) is 0 Å². The average molecular weight is 223 g/mol. The normalized spacial score (nSPS) is 10.8. The molecule has 0 aliphatic rings. The number of aliphatic imine (C=N–C) groups is 1. The molecule has 0 radical (unpaired) electrons. The largest absolute Gasteiger partial charge is 0.369 e. The molecule has 16 heavy (non-hydrogen) atoms. The van der Waals surface area contributed by atoms with Gasteiger partial charge in [-0.25, -0.2) is 15.7 Å². The molecule has 0 heterocycles. The van der Waals surface area contributed by atoms with Gasteiger partial charge in [0.15, 0.2) is 0 Å². The summed E-state index contributed by atoms with van der Waals surface area (Å²) in [6.45, 7) is 3.86. The Balaban J connectivity index is 3.00. The summed E-state index contributed by atoms with van der Waals surface area (Å²) in [6, 6.07) is 3.80. The third-order valence-corrected chi connectivity index (χ3v) is 2.13. The zero-order valence-corrected chi connectivity index (χ0v) is 9.98. The van der Waals surface area contributed by atoms with Gasteiger partial charge in [-0.3, -0.25) is 0 Å². The molecular weight excluding hydrogens is 206 g/mol. The van der Waals surface area contributed by atoms with E-state index in [9.17, 15) is 0 Å². The Hall–Kier alpha value is -1.59. The van der Waals surface area contributed by atoms with E-state index in [2.05, 4.69) is 15.5 Å². The highest BCUT2D eigenvalue weighted by Crippen LogP contribution is 2.26. The van der Waals surface area contributed by atoms with E-state index in [-0.39, 0.29) is 0 Å². The van der Waals surface area contributed by atoms with Crippen molar-refractivity contribution in [2.24, 2.45) is 4.99 Å². The van der Waals surface area contributed by atoms with Gasteiger partial charge in [-0.2, -0.15) is 0 Å². The summed E-state index contributed by atoms with van der Waals surface area (Å²) in [5.74, 6) is 0. The molecule has 1 rings (SSSR count). The zero-order chi connectivity index (χ0) is 12.1. The van der Waals surface area contributed by atoms with Crippen molar-refractivity contribution < 1.29 is 10.2 Å². The fourth-order valence-corrected chi connectivity index (χ4v) is 1.28. The third-order valence-electron chi connectivity index (χ3n) is 2.13. The van der Waals surface area contributed by atoms with E-state index < -0.39 is 0 Å². The topological polar surface area (TPSA) is 57.1 Å². The Morgan fingerprint density at radius 2 is 2.00 bits per heavy atom. The molecule has 0 saturated heterocycles. The first kappa shape index (κ1) is 12.5. The minimum absolute atomic E-state index is 0.726. The van der Waals surface area contributed by atoms with Crippen LogP contribution in [0.25, 0.3) is 0 Å². The van der Waals surface area contributed by atoms with Crippen LogP contribution in [0.15, 0.2) is 17.1 Å². The van der Waals surface area contributed by atoms with Gasteiger partial charge in [0, 0.05) is 14.1 Å². The molecule has 0 amide bonds. The minimum Gasteiger partial charge on any atom is -0.369 e. The Labute approximate surface area is 95.3 Å². The van der Waals surface area contributed by atoms with Crippen molar-refractivity contribution in [2.75, 3.05) is 19.6 Å². The Bertz CT molecular complexity index is 389. The van der Waals surface area contributed by atoms with E-state index in [0.29, 0.717) is 0 Å². The molecule has 88 valence electrons. The second-order valence-corrected chi connectivity index (χ2v) is 3.86. The van der Waals surface area contributed by atoms with Crippen molar-refractivity contribution in [2.45, 2.75) is 13.8 Å². The number of aryl methyl sites for hydroxylation is 2. The summed E-state index contributed by atoms with van der Waals surface area (Å²) in [5, 5.41) is 8.33. The smallest absolute Gasteiger partial charge is 0.0907 e. The lowest BCUT2D eigenvalue weighted by molar-refractivity contribution is -0.215. The number of nitrogens with one attached hydrogen (secondary N) is 1. The summed E-state index contributed by atoms with van der Waals surface area (Å²) >= 11 is 0. The second kappa shape index (κ2) is 5.48. The van der Waals surface area contributed by atoms with Crippen molar-refractivity contribution in [3.63, 3.8) is 0 Å². The molecule has 0 aromatic heterocycles. The van der Waals surface area contributed by atoms with Crippen LogP contribution < -0.4 is 5.48 Å². The maximum Gasteiger partial charge on any atom is 0.0907 e. The van der Waals surface area contributed by atoms with Crippen LogP contribution in [0, 0.1) is 13.8 Å². The van der Waals surface area contributed by atoms with Gasteiger partial charge in [-0.15, -0.1) is 4.99 Å². The minimum atomic E-state index is 0.726.